The predicted molar refractivity (Wildman–Crippen MR) is 124 cm³/mol. The number of aliphatic hydroxyl groups excluding tert-OH is 7. The molecule has 10 nitrogen and oxygen atoms in total. The molecule has 33 heavy (non-hydrogen) atoms. The molecule has 188 valence electrons. The summed E-state index contributed by atoms with van der Waals surface area (Å²) in [5.41, 5.74) is 0.0260. The van der Waals surface area contributed by atoms with Crippen molar-refractivity contribution in [3.8, 4) is 0 Å². The molecule has 0 amide bonds. The molecule has 0 aliphatic carbocycles. The molecule has 0 atom stereocenters. The summed E-state index contributed by atoms with van der Waals surface area (Å²) in [7, 11) is 0. The highest BCUT2D eigenvalue weighted by molar-refractivity contribution is 5.79. The van der Waals surface area contributed by atoms with Gasteiger partial charge in [0.1, 0.15) is 0 Å². The van der Waals surface area contributed by atoms with E-state index in [1.807, 2.05) is 36.4 Å². The lowest BCUT2D eigenvalue weighted by Gasteiger charge is -2.25. The van der Waals surface area contributed by atoms with Gasteiger partial charge in [-0.3, -0.25) is 0 Å². The highest BCUT2D eigenvalue weighted by atomic mass is 16.5. The van der Waals surface area contributed by atoms with Crippen molar-refractivity contribution in [2.45, 2.75) is 0 Å². The molecule has 0 saturated carbocycles. The maximum Gasteiger partial charge on any atom is 0.331 e. The van der Waals surface area contributed by atoms with Crippen molar-refractivity contribution in [3.63, 3.8) is 0 Å². The monoisotopic (exact) mass is 472 g/mol. The Morgan fingerprint density at radius 1 is 0.758 bits per heavy atom. The summed E-state index contributed by atoms with van der Waals surface area (Å²) in [6, 6.07) is 8.02. The number of hydrogen-bond donors (Lipinski definition) is 8. The minimum Gasteiger partial charge on any atom is -0.500 e. The minimum absolute atomic E-state index is 0.153. The van der Waals surface area contributed by atoms with E-state index in [2.05, 4.69) is 13.2 Å². The number of aliphatic hydroxyl groups is 7. The zero-order valence-corrected chi connectivity index (χ0v) is 18.6. The van der Waals surface area contributed by atoms with Crippen LogP contribution in [-0.2, 0) is 9.53 Å². The van der Waals surface area contributed by atoms with Crippen LogP contribution in [0, 0.1) is 10.8 Å². The van der Waals surface area contributed by atoms with Crippen LogP contribution in [0.4, 0.5) is 0 Å². The van der Waals surface area contributed by atoms with Gasteiger partial charge in [0.15, 0.2) is 0 Å². The van der Waals surface area contributed by atoms with Crippen LogP contribution < -0.4 is 0 Å². The van der Waals surface area contributed by atoms with Gasteiger partial charge in [0, 0.05) is 0 Å². The molecule has 0 aliphatic rings. The van der Waals surface area contributed by atoms with Crippen molar-refractivity contribution in [1.29, 1.82) is 0 Å². The Morgan fingerprint density at radius 2 is 1.12 bits per heavy atom. The lowest BCUT2D eigenvalue weighted by Crippen LogP contribution is -2.38. The van der Waals surface area contributed by atoms with Gasteiger partial charge in [0.05, 0.1) is 76.0 Å². The van der Waals surface area contributed by atoms with Gasteiger partial charge in [-0.2, -0.15) is 0 Å². The van der Waals surface area contributed by atoms with E-state index >= 15 is 0 Å². The number of carboxylic acid groups (broad SMARTS) is 1. The van der Waals surface area contributed by atoms with Gasteiger partial charge in [0.25, 0.3) is 0 Å². The fourth-order valence-electron chi connectivity index (χ4n) is 1.80. The molecule has 10 heteroatoms. The van der Waals surface area contributed by atoms with Crippen LogP contribution in [0.15, 0.2) is 49.8 Å². The Kier molecular flexibility index (Phi) is 18.7. The molecule has 0 heterocycles. The second kappa shape index (κ2) is 18.9. The molecule has 0 aliphatic heterocycles. The van der Waals surface area contributed by atoms with Crippen molar-refractivity contribution in [2.75, 3.05) is 52.9 Å². The summed E-state index contributed by atoms with van der Waals surface area (Å²) in [4.78, 5) is 10.0. The maximum atomic E-state index is 10.0. The fraction of sp³-hybridized carbons (Fsp3) is 0.435. The van der Waals surface area contributed by atoms with Gasteiger partial charge in [0.2, 0.25) is 0 Å². The Morgan fingerprint density at radius 3 is 1.36 bits per heavy atom. The van der Waals surface area contributed by atoms with Gasteiger partial charge in [-0.25, -0.2) is 4.79 Å². The van der Waals surface area contributed by atoms with Gasteiger partial charge >= 0.3 is 5.97 Å². The fourth-order valence-corrected chi connectivity index (χ4v) is 1.80. The molecule has 1 aromatic rings. The second-order valence-corrected chi connectivity index (χ2v) is 7.10. The van der Waals surface area contributed by atoms with Crippen LogP contribution in [-0.4, -0.2) is 99.7 Å². The average Bonchev–Trinajstić information content (AvgIpc) is 2.87. The number of hydrogen-bond acceptors (Lipinski definition) is 9. The van der Waals surface area contributed by atoms with Crippen LogP contribution >= 0.6 is 0 Å². The van der Waals surface area contributed by atoms with E-state index < -0.39 is 63.0 Å². The largest absolute Gasteiger partial charge is 0.500 e. The number of carboxylic acids is 1. The molecule has 0 fully saturated rings. The van der Waals surface area contributed by atoms with E-state index in [1.54, 1.807) is 0 Å². The third-order valence-corrected chi connectivity index (χ3v) is 4.48. The zero-order chi connectivity index (χ0) is 25.8. The van der Waals surface area contributed by atoms with E-state index in [0.717, 1.165) is 23.5 Å². The van der Waals surface area contributed by atoms with Crippen molar-refractivity contribution in [1.82, 2.24) is 0 Å². The van der Waals surface area contributed by atoms with Crippen molar-refractivity contribution in [3.05, 3.63) is 60.9 Å². The van der Waals surface area contributed by atoms with E-state index in [0.29, 0.717) is 0 Å². The molecule has 0 unspecified atom stereocenters. The lowest BCUT2D eigenvalue weighted by atomic mass is 9.93. The Hall–Kier alpha value is -2.57. The van der Waals surface area contributed by atoms with Crippen LogP contribution in [0.3, 0.4) is 0 Å². The van der Waals surface area contributed by atoms with Crippen molar-refractivity contribution >= 4 is 18.1 Å². The van der Waals surface area contributed by atoms with Gasteiger partial charge in [-0.05, 0) is 11.1 Å². The third kappa shape index (κ3) is 12.9. The molecule has 0 bridgehead atoms. The van der Waals surface area contributed by atoms with Crippen molar-refractivity contribution < 1.29 is 50.4 Å². The van der Waals surface area contributed by atoms with Gasteiger partial charge in [-0.15, -0.1) is 0 Å². The van der Waals surface area contributed by atoms with Gasteiger partial charge < -0.3 is 45.6 Å². The first kappa shape index (κ1) is 32.6. The van der Waals surface area contributed by atoms with Crippen LogP contribution in [0.25, 0.3) is 12.2 Å². The standard InChI is InChI=1S/C10H10.C8H14O6.C5H12O4/c1-3-9-7-5-6-8-10(9)4-2;9-3-8(4-10,5-11)6-14-2-1-7(12)13;6-1-5(2-7,3-8)4-9/h3-8H,1-2H2;1-2,9-11H,3-6H2,(H,12,13);6-9H,1-4H2. The minimum atomic E-state index is -1.16. The first-order valence-corrected chi connectivity index (χ1v) is 9.84. The molecule has 1 rings (SSSR count). The molecule has 0 radical (unpaired) electrons. The first-order valence-electron chi connectivity index (χ1n) is 9.84. The van der Waals surface area contributed by atoms with E-state index in [-0.39, 0.29) is 6.61 Å². The van der Waals surface area contributed by atoms with E-state index in [4.69, 9.17) is 45.6 Å². The number of rotatable bonds is 13. The Labute approximate surface area is 193 Å². The zero-order valence-electron chi connectivity index (χ0n) is 18.6. The molecule has 1 aromatic carbocycles. The molecular weight excluding hydrogens is 436 g/mol. The van der Waals surface area contributed by atoms with Crippen LogP contribution in [0.1, 0.15) is 11.1 Å². The summed E-state index contributed by atoms with van der Waals surface area (Å²) >= 11 is 0. The Bertz CT molecular complexity index is 641. The summed E-state index contributed by atoms with van der Waals surface area (Å²) < 4.78 is 4.74. The first-order chi connectivity index (χ1) is 15.7. The highest BCUT2D eigenvalue weighted by Gasteiger charge is 2.28. The topological polar surface area (TPSA) is 188 Å². The molecule has 8 N–H and O–H groups in total. The number of carbonyl (C=O) groups is 1. The van der Waals surface area contributed by atoms with E-state index in [9.17, 15) is 4.79 Å². The number of aliphatic carboxylic acids is 1. The van der Waals surface area contributed by atoms with E-state index in [1.165, 1.54) is 0 Å². The SMILES string of the molecule is C=Cc1ccccc1C=C.O=C(O)C=COCC(CO)(CO)CO.OCC(CO)(CO)CO. The maximum absolute atomic E-state index is 10.0. The quantitative estimate of drug-likeness (QED) is 0.137. The lowest BCUT2D eigenvalue weighted by molar-refractivity contribution is -0.131. The third-order valence-electron chi connectivity index (χ3n) is 4.48. The average molecular weight is 473 g/mol. The number of benzene rings is 1. The summed E-state index contributed by atoms with van der Waals surface area (Å²) in [6.45, 7) is 4.28. The summed E-state index contributed by atoms with van der Waals surface area (Å²) in [5, 5.41) is 68.7. The highest BCUT2D eigenvalue weighted by Crippen LogP contribution is 2.15. The van der Waals surface area contributed by atoms with Crippen molar-refractivity contribution in [2.24, 2.45) is 10.8 Å². The van der Waals surface area contributed by atoms with Crippen LogP contribution in [0.2, 0.25) is 0 Å². The Balaban J connectivity index is 0. The summed E-state index contributed by atoms with van der Waals surface area (Å²) in [5.74, 6) is -1.16. The smallest absolute Gasteiger partial charge is 0.331 e. The summed E-state index contributed by atoms with van der Waals surface area (Å²) in [6.07, 6.45) is 5.36. The number of ether oxygens (including phenoxy) is 1. The molecule has 0 saturated heterocycles. The molecule has 0 aromatic heterocycles. The molecular formula is C23H36O10. The van der Waals surface area contributed by atoms with Gasteiger partial charge in [-0.1, -0.05) is 49.6 Å². The second-order valence-electron chi connectivity index (χ2n) is 7.10. The van der Waals surface area contributed by atoms with Crippen LogP contribution in [0.5, 0.6) is 0 Å². The normalized spacial score (nSPS) is 11.0. The molecule has 0 spiro atoms. The predicted octanol–water partition coefficient (Wildman–Crippen LogP) is -0.521.